The topological polar surface area (TPSA) is 82.7 Å². The van der Waals surface area contributed by atoms with Gasteiger partial charge in [0.25, 0.3) is 5.69 Å². The minimum atomic E-state index is -0.440. The molecule has 0 spiro atoms. The molecule has 0 bridgehead atoms. The van der Waals surface area contributed by atoms with E-state index < -0.39 is 4.92 Å². The van der Waals surface area contributed by atoms with Crippen LogP contribution in [0.2, 0.25) is 0 Å². The molecule has 0 aliphatic carbocycles. The molecule has 0 fully saturated rings. The molecule has 0 atom stereocenters. The van der Waals surface area contributed by atoms with Gasteiger partial charge in [-0.1, -0.05) is 0 Å². The van der Waals surface area contributed by atoms with Crippen molar-refractivity contribution >= 4 is 22.7 Å². The van der Waals surface area contributed by atoms with Gasteiger partial charge in [-0.15, -0.1) is 0 Å². The van der Waals surface area contributed by atoms with E-state index in [1.54, 1.807) is 18.3 Å². The lowest BCUT2D eigenvalue weighted by atomic mass is 10.1. The van der Waals surface area contributed by atoms with Crippen molar-refractivity contribution < 1.29 is 4.92 Å². The number of hydrogen-bond acceptors (Lipinski definition) is 3. The van der Waals surface area contributed by atoms with Gasteiger partial charge >= 0.3 is 0 Å². The van der Waals surface area contributed by atoms with Crippen LogP contribution in [0.25, 0.3) is 17.0 Å². The average Bonchev–Trinajstić information content (AvgIpc) is 2.68. The number of nitrogens with one attached hydrogen (secondary N) is 1. The molecule has 1 aromatic heterocycles. The van der Waals surface area contributed by atoms with Crippen molar-refractivity contribution in [3.05, 3.63) is 46.1 Å². The first-order valence-electron chi connectivity index (χ1n) is 4.54. The van der Waals surface area contributed by atoms with Crippen LogP contribution in [0.3, 0.4) is 0 Å². The summed E-state index contributed by atoms with van der Waals surface area (Å²) in [6.45, 7) is 0. The van der Waals surface area contributed by atoms with Gasteiger partial charge in [0.15, 0.2) is 0 Å². The fourth-order valence-corrected chi connectivity index (χ4v) is 1.51. The summed E-state index contributed by atoms with van der Waals surface area (Å²) in [6.07, 6.45) is 4.66. The highest BCUT2D eigenvalue weighted by Crippen LogP contribution is 2.24. The van der Waals surface area contributed by atoms with Crippen molar-refractivity contribution in [1.82, 2.24) is 4.98 Å². The zero-order valence-electron chi connectivity index (χ0n) is 8.18. The van der Waals surface area contributed by atoms with E-state index in [1.165, 1.54) is 18.2 Å². The highest BCUT2D eigenvalue weighted by Gasteiger charge is 2.08. The van der Waals surface area contributed by atoms with Gasteiger partial charge in [0.05, 0.1) is 11.0 Å². The van der Waals surface area contributed by atoms with Crippen molar-refractivity contribution in [2.24, 2.45) is 0 Å². The smallest absolute Gasteiger partial charge is 0.270 e. The molecule has 5 heteroatoms. The quantitative estimate of drug-likeness (QED) is 0.472. The van der Waals surface area contributed by atoms with E-state index in [1.807, 2.05) is 6.07 Å². The summed E-state index contributed by atoms with van der Waals surface area (Å²) in [5.74, 6) is 0. The maximum Gasteiger partial charge on any atom is 0.270 e. The van der Waals surface area contributed by atoms with Crippen LogP contribution >= 0.6 is 0 Å². The Kier molecular flexibility index (Phi) is 2.40. The number of allylic oxidation sites excluding steroid dienone is 1. The summed E-state index contributed by atoms with van der Waals surface area (Å²) in [6, 6.07) is 6.46. The SMILES string of the molecule is N#C/C=C/c1c[nH]c2ccc([N+](=O)[O-])cc12. The number of hydrogen-bond donors (Lipinski definition) is 1. The Morgan fingerprint density at radius 3 is 3.00 bits per heavy atom. The number of aromatic nitrogens is 1. The monoisotopic (exact) mass is 213 g/mol. The fraction of sp³-hybridized carbons (Fsp3) is 0. The number of rotatable bonds is 2. The molecular formula is C11H7N3O2. The molecule has 0 radical (unpaired) electrons. The third kappa shape index (κ3) is 1.64. The predicted molar refractivity (Wildman–Crippen MR) is 59.6 cm³/mol. The van der Waals surface area contributed by atoms with E-state index in [-0.39, 0.29) is 5.69 Å². The van der Waals surface area contributed by atoms with Crippen LogP contribution in [-0.4, -0.2) is 9.91 Å². The molecule has 1 N–H and O–H groups in total. The lowest BCUT2D eigenvalue weighted by molar-refractivity contribution is -0.384. The van der Waals surface area contributed by atoms with E-state index >= 15 is 0 Å². The highest BCUT2D eigenvalue weighted by atomic mass is 16.6. The van der Waals surface area contributed by atoms with Gasteiger partial charge in [-0.2, -0.15) is 5.26 Å². The van der Waals surface area contributed by atoms with Gasteiger partial charge in [0, 0.05) is 40.9 Å². The van der Waals surface area contributed by atoms with E-state index in [9.17, 15) is 10.1 Å². The first kappa shape index (κ1) is 9.93. The van der Waals surface area contributed by atoms with Gasteiger partial charge in [0.2, 0.25) is 0 Å². The van der Waals surface area contributed by atoms with E-state index in [2.05, 4.69) is 4.98 Å². The molecule has 0 amide bonds. The summed E-state index contributed by atoms with van der Waals surface area (Å²) >= 11 is 0. The van der Waals surface area contributed by atoms with E-state index in [0.717, 1.165) is 16.5 Å². The normalized spacial score (nSPS) is 10.7. The van der Waals surface area contributed by atoms with Gasteiger partial charge in [-0.3, -0.25) is 10.1 Å². The van der Waals surface area contributed by atoms with Gasteiger partial charge in [-0.25, -0.2) is 0 Å². The van der Waals surface area contributed by atoms with Crippen molar-refractivity contribution in [1.29, 1.82) is 5.26 Å². The van der Waals surface area contributed by atoms with Crippen LogP contribution in [0.15, 0.2) is 30.5 Å². The Hall–Kier alpha value is -2.61. The largest absolute Gasteiger partial charge is 0.361 e. The number of nitro benzene ring substituents is 1. The zero-order chi connectivity index (χ0) is 11.5. The molecule has 0 unspecified atom stereocenters. The van der Waals surface area contributed by atoms with E-state index in [4.69, 9.17) is 5.26 Å². The minimum absolute atomic E-state index is 0.0405. The Morgan fingerprint density at radius 1 is 1.50 bits per heavy atom. The number of nitrogens with zero attached hydrogens (tertiary/aromatic N) is 2. The third-order valence-corrected chi connectivity index (χ3v) is 2.25. The van der Waals surface area contributed by atoms with Gasteiger partial charge < -0.3 is 4.98 Å². The highest BCUT2D eigenvalue weighted by molar-refractivity contribution is 5.90. The summed E-state index contributed by atoms with van der Waals surface area (Å²) in [7, 11) is 0. The van der Waals surface area contributed by atoms with Crippen molar-refractivity contribution in [3.63, 3.8) is 0 Å². The first-order valence-corrected chi connectivity index (χ1v) is 4.54. The lowest BCUT2D eigenvalue weighted by Gasteiger charge is -1.93. The summed E-state index contributed by atoms with van der Waals surface area (Å²) < 4.78 is 0. The molecule has 2 aromatic rings. The molecule has 16 heavy (non-hydrogen) atoms. The number of benzene rings is 1. The third-order valence-electron chi connectivity index (χ3n) is 2.25. The summed E-state index contributed by atoms with van der Waals surface area (Å²) in [5, 5.41) is 19.8. The van der Waals surface area contributed by atoms with Crippen molar-refractivity contribution in [3.8, 4) is 6.07 Å². The summed E-state index contributed by atoms with van der Waals surface area (Å²) in [4.78, 5) is 13.2. The fourth-order valence-electron chi connectivity index (χ4n) is 1.51. The number of nitriles is 1. The Bertz CT molecular complexity index is 620. The van der Waals surface area contributed by atoms with Crippen LogP contribution in [0.5, 0.6) is 0 Å². The second kappa shape index (κ2) is 3.87. The molecule has 78 valence electrons. The van der Waals surface area contributed by atoms with Crippen LogP contribution in [0.4, 0.5) is 5.69 Å². The Morgan fingerprint density at radius 2 is 2.31 bits per heavy atom. The minimum Gasteiger partial charge on any atom is -0.361 e. The van der Waals surface area contributed by atoms with Gasteiger partial charge in [0.1, 0.15) is 0 Å². The summed E-state index contributed by atoms with van der Waals surface area (Å²) in [5.41, 5.74) is 1.61. The molecule has 0 aliphatic rings. The zero-order valence-corrected chi connectivity index (χ0v) is 8.18. The molecule has 1 heterocycles. The van der Waals surface area contributed by atoms with Crippen LogP contribution in [0, 0.1) is 21.4 Å². The van der Waals surface area contributed by atoms with Crippen LogP contribution in [-0.2, 0) is 0 Å². The van der Waals surface area contributed by atoms with Crippen molar-refractivity contribution in [2.75, 3.05) is 0 Å². The standard InChI is InChI=1S/C11H7N3O2/c12-5-1-2-8-7-13-11-4-3-9(14(15)16)6-10(8)11/h1-4,6-7,13H/b2-1+. The first-order chi connectivity index (χ1) is 7.72. The molecule has 2 rings (SSSR count). The molecule has 0 saturated heterocycles. The van der Waals surface area contributed by atoms with Crippen molar-refractivity contribution in [2.45, 2.75) is 0 Å². The van der Waals surface area contributed by atoms with Crippen LogP contribution in [0.1, 0.15) is 5.56 Å². The number of aromatic amines is 1. The lowest BCUT2D eigenvalue weighted by Crippen LogP contribution is -1.86. The second-order valence-corrected chi connectivity index (χ2v) is 3.19. The Labute approximate surface area is 90.8 Å². The average molecular weight is 213 g/mol. The second-order valence-electron chi connectivity index (χ2n) is 3.19. The maximum atomic E-state index is 10.6. The maximum absolute atomic E-state index is 10.6. The molecule has 1 aromatic carbocycles. The molecule has 0 saturated carbocycles. The number of nitro groups is 1. The molecule has 5 nitrogen and oxygen atoms in total. The number of fused-ring (bicyclic) bond motifs is 1. The predicted octanol–water partition coefficient (Wildman–Crippen LogP) is 2.61. The molecule has 0 aliphatic heterocycles. The van der Waals surface area contributed by atoms with E-state index in [0.29, 0.717) is 0 Å². The number of H-pyrrole nitrogens is 1. The van der Waals surface area contributed by atoms with Gasteiger partial charge in [-0.05, 0) is 12.1 Å². The number of non-ortho nitro benzene ring substituents is 1. The van der Waals surface area contributed by atoms with Crippen LogP contribution < -0.4 is 0 Å². The Balaban J connectivity index is 2.61. The molecular weight excluding hydrogens is 206 g/mol.